The van der Waals surface area contributed by atoms with Gasteiger partial charge >= 0.3 is 6.03 Å². The van der Waals surface area contributed by atoms with E-state index in [1.54, 1.807) is 40.7 Å². The van der Waals surface area contributed by atoms with Gasteiger partial charge in [0.25, 0.3) is 0 Å². The number of ether oxygens (including phenoxy) is 2. The van der Waals surface area contributed by atoms with Crippen molar-refractivity contribution in [2.24, 2.45) is 0 Å². The van der Waals surface area contributed by atoms with Gasteiger partial charge in [0.1, 0.15) is 5.76 Å². The smallest absolute Gasteiger partial charge is 0.322 e. The van der Waals surface area contributed by atoms with Crippen LogP contribution in [0.3, 0.4) is 0 Å². The zero-order valence-electron chi connectivity index (χ0n) is 13.3. The molecule has 0 bridgehead atoms. The number of nitrogens with zero attached hydrogens (tertiary/aromatic N) is 1. The molecule has 2 aromatic heterocycles. The quantitative estimate of drug-likeness (QED) is 0.740. The molecular formula is C18H16N2O4S. The van der Waals surface area contributed by atoms with Crippen LogP contribution >= 0.6 is 11.3 Å². The Kier molecular flexibility index (Phi) is 4.30. The van der Waals surface area contributed by atoms with Crippen molar-refractivity contribution < 1.29 is 18.7 Å². The molecule has 1 aromatic carbocycles. The number of carbonyl (C=O) groups excluding carboxylic acids is 1. The Morgan fingerprint density at radius 3 is 2.84 bits per heavy atom. The Balaban J connectivity index is 1.50. The summed E-state index contributed by atoms with van der Waals surface area (Å²) in [6.07, 6.45) is 1.61. The first-order valence-corrected chi connectivity index (χ1v) is 8.66. The molecule has 4 rings (SSSR count). The van der Waals surface area contributed by atoms with Crippen molar-refractivity contribution in [3.05, 3.63) is 64.7 Å². The van der Waals surface area contributed by atoms with Crippen molar-refractivity contribution in [1.82, 2.24) is 4.90 Å². The maximum absolute atomic E-state index is 12.8. The molecule has 3 aromatic rings. The molecule has 1 N–H and O–H groups in total. The number of nitrogens with one attached hydrogen (secondary N) is 1. The number of amides is 2. The summed E-state index contributed by atoms with van der Waals surface area (Å²) < 4.78 is 16.0. The lowest BCUT2D eigenvalue weighted by Crippen LogP contribution is -2.33. The minimum Gasteiger partial charge on any atom is -0.467 e. The van der Waals surface area contributed by atoms with E-state index in [9.17, 15) is 4.79 Å². The monoisotopic (exact) mass is 356 g/mol. The molecular weight excluding hydrogens is 340 g/mol. The molecule has 7 heteroatoms. The van der Waals surface area contributed by atoms with Crippen LogP contribution in [0.5, 0.6) is 11.5 Å². The first-order valence-electron chi connectivity index (χ1n) is 7.78. The summed E-state index contributed by atoms with van der Waals surface area (Å²) in [6.45, 7) is 1.10. The van der Waals surface area contributed by atoms with Gasteiger partial charge in [-0.3, -0.25) is 0 Å². The number of urea groups is 1. The first kappa shape index (κ1) is 15.6. The highest BCUT2D eigenvalue weighted by Crippen LogP contribution is 2.34. The molecule has 0 saturated heterocycles. The highest BCUT2D eigenvalue weighted by molar-refractivity contribution is 7.09. The SMILES string of the molecule is O=C(Nc1ccc2c(c1)OCO2)N(Cc1ccco1)Cc1cccs1. The predicted octanol–water partition coefficient (Wildman–Crippen LogP) is 4.30. The van der Waals surface area contributed by atoms with Crippen LogP contribution in [0.4, 0.5) is 10.5 Å². The number of thiophene rings is 1. The lowest BCUT2D eigenvalue weighted by atomic mass is 10.3. The molecule has 1 aliphatic heterocycles. The summed E-state index contributed by atoms with van der Waals surface area (Å²) in [5.74, 6) is 2.05. The van der Waals surface area contributed by atoms with Gasteiger partial charge in [-0.25, -0.2) is 4.79 Å². The second-order valence-electron chi connectivity index (χ2n) is 5.51. The molecule has 0 aliphatic carbocycles. The topological polar surface area (TPSA) is 63.9 Å². The summed E-state index contributed by atoms with van der Waals surface area (Å²) in [7, 11) is 0. The summed E-state index contributed by atoms with van der Waals surface area (Å²) in [5.41, 5.74) is 0.657. The number of hydrogen-bond donors (Lipinski definition) is 1. The van der Waals surface area contributed by atoms with E-state index in [0.717, 1.165) is 10.6 Å². The van der Waals surface area contributed by atoms with Gasteiger partial charge in [0, 0.05) is 16.6 Å². The number of furan rings is 1. The molecule has 0 unspecified atom stereocenters. The Hall–Kier alpha value is -2.93. The summed E-state index contributed by atoms with van der Waals surface area (Å²) in [5, 5.41) is 4.91. The third-order valence-electron chi connectivity index (χ3n) is 3.76. The van der Waals surface area contributed by atoms with E-state index >= 15 is 0 Å². The van der Waals surface area contributed by atoms with Crippen molar-refractivity contribution in [2.75, 3.05) is 12.1 Å². The van der Waals surface area contributed by atoms with Crippen LogP contribution in [0.2, 0.25) is 0 Å². The molecule has 25 heavy (non-hydrogen) atoms. The van der Waals surface area contributed by atoms with Crippen LogP contribution in [-0.4, -0.2) is 17.7 Å². The largest absolute Gasteiger partial charge is 0.467 e. The van der Waals surface area contributed by atoms with Gasteiger partial charge in [-0.1, -0.05) is 6.07 Å². The van der Waals surface area contributed by atoms with Crippen LogP contribution in [0.1, 0.15) is 10.6 Å². The van der Waals surface area contributed by atoms with Gasteiger partial charge < -0.3 is 24.1 Å². The molecule has 0 spiro atoms. The van der Waals surface area contributed by atoms with Crippen molar-refractivity contribution in [1.29, 1.82) is 0 Å². The fourth-order valence-corrected chi connectivity index (χ4v) is 3.28. The summed E-state index contributed by atoms with van der Waals surface area (Å²) >= 11 is 1.62. The fourth-order valence-electron chi connectivity index (χ4n) is 2.56. The number of benzene rings is 1. The molecule has 128 valence electrons. The Morgan fingerprint density at radius 2 is 2.04 bits per heavy atom. The summed E-state index contributed by atoms with van der Waals surface area (Å²) in [6, 6.07) is 12.8. The fraction of sp³-hybridized carbons (Fsp3) is 0.167. The van der Waals surface area contributed by atoms with E-state index in [1.807, 2.05) is 29.6 Å². The van der Waals surface area contributed by atoms with E-state index in [-0.39, 0.29) is 12.8 Å². The van der Waals surface area contributed by atoms with E-state index in [0.29, 0.717) is 30.3 Å². The molecule has 0 atom stereocenters. The van der Waals surface area contributed by atoms with Gasteiger partial charge in [-0.2, -0.15) is 0 Å². The third kappa shape index (κ3) is 3.61. The Morgan fingerprint density at radius 1 is 1.12 bits per heavy atom. The second kappa shape index (κ2) is 6.90. The highest BCUT2D eigenvalue weighted by atomic mass is 32.1. The van der Waals surface area contributed by atoms with Crippen LogP contribution in [-0.2, 0) is 13.1 Å². The molecule has 0 saturated carbocycles. The molecule has 2 amide bonds. The predicted molar refractivity (Wildman–Crippen MR) is 93.9 cm³/mol. The maximum atomic E-state index is 12.8. The zero-order valence-corrected chi connectivity index (χ0v) is 14.1. The van der Waals surface area contributed by atoms with Crippen molar-refractivity contribution in [2.45, 2.75) is 13.1 Å². The second-order valence-corrected chi connectivity index (χ2v) is 6.55. The van der Waals surface area contributed by atoms with E-state index < -0.39 is 0 Å². The van der Waals surface area contributed by atoms with Crippen molar-refractivity contribution in [3.63, 3.8) is 0 Å². The van der Waals surface area contributed by atoms with Gasteiger partial charge in [-0.05, 0) is 35.7 Å². The average Bonchev–Trinajstić information content (AvgIpc) is 3.36. The molecule has 0 radical (unpaired) electrons. The first-order chi connectivity index (χ1) is 12.3. The normalized spacial score (nSPS) is 12.2. The Bertz CT molecular complexity index is 810. The van der Waals surface area contributed by atoms with Crippen LogP contribution in [0.15, 0.2) is 58.5 Å². The molecule has 3 heterocycles. The number of anilines is 1. The van der Waals surface area contributed by atoms with Crippen LogP contribution in [0.25, 0.3) is 0 Å². The van der Waals surface area contributed by atoms with Gasteiger partial charge in [0.15, 0.2) is 11.5 Å². The molecule has 0 fully saturated rings. The third-order valence-corrected chi connectivity index (χ3v) is 4.63. The number of hydrogen-bond acceptors (Lipinski definition) is 5. The van der Waals surface area contributed by atoms with Crippen LogP contribution < -0.4 is 14.8 Å². The lowest BCUT2D eigenvalue weighted by Gasteiger charge is -2.21. The van der Waals surface area contributed by atoms with Gasteiger partial charge in [-0.15, -0.1) is 11.3 Å². The van der Waals surface area contributed by atoms with E-state index in [4.69, 9.17) is 13.9 Å². The van der Waals surface area contributed by atoms with Gasteiger partial charge in [0.2, 0.25) is 6.79 Å². The maximum Gasteiger partial charge on any atom is 0.322 e. The standard InChI is InChI=1S/C18H16N2O4S/c21-18(19-13-5-6-16-17(9-13)24-12-23-16)20(10-14-3-1-7-22-14)11-15-4-2-8-25-15/h1-9H,10-12H2,(H,19,21). The highest BCUT2D eigenvalue weighted by Gasteiger charge is 2.19. The minimum absolute atomic E-state index is 0.204. The lowest BCUT2D eigenvalue weighted by molar-refractivity contribution is 0.174. The van der Waals surface area contributed by atoms with Crippen molar-refractivity contribution in [3.8, 4) is 11.5 Å². The number of carbonyl (C=O) groups is 1. The Labute approximate surface area is 148 Å². The zero-order chi connectivity index (χ0) is 17.1. The molecule has 6 nitrogen and oxygen atoms in total. The van der Waals surface area contributed by atoms with E-state index in [1.165, 1.54) is 0 Å². The summed E-state index contributed by atoms with van der Waals surface area (Å²) in [4.78, 5) is 15.6. The minimum atomic E-state index is -0.205. The van der Waals surface area contributed by atoms with Gasteiger partial charge in [0.05, 0.1) is 19.4 Å². The number of rotatable bonds is 5. The van der Waals surface area contributed by atoms with Crippen LogP contribution in [0, 0.1) is 0 Å². The van der Waals surface area contributed by atoms with E-state index in [2.05, 4.69) is 5.32 Å². The van der Waals surface area contributed by atoms with Crippen molar-refractivity contribution >= 4 is 23.1 Å². The number of fused-ring (bicyclic) bond motifs is 1. The molecule has 1 aliphatic rings. The average molecular weight is 356 g/mol.